The van der Waals surface area contributed by atoms with Crippen LogP contribution in [0.25, 0.3) is 0 Å². The highest BCUT2D eigenvalue weighted by Gasteiger charge is 2.16. The van der Waals surface area contributed by atoms with Gasteiger partial charge in [-0.15, -0.1) is 0 Å². The van der Waals surface area contributed by atoms with E-state index >= 15 is 0 Å². The molecule has 0 atom stereocenters. The van der Waals surface area contributed by atoms with Gasteiger partial charge in [0.1, 0.15) is 5.03 Å². The number of pyridine rings is 1. The Balaban J connectivity index is 1.90. The maximum atomic E-state index is 12.0. The second-order valence-corrected chi connectivity index (χ2v) is 5.19. The standard InChI is InChI=1S/C13H17N3OS/c1-16(10-5-2-3-6-10)12(17)9-18-13-11(14)7-4-8-15-13/h4-5,7-8H,2-3,6,9,14H2,1H3. The fraction of sp³-hybridized carbons (Fsp3) is 0.385. The summed E-state index contributed by atoms with van der Waals surface area (Å²) in [5.74, 6) is 0.466. The van der Waals surface area contributed by atoms with Crippen LogP contribution in [-0.2, 0) is 4.79 Å². The minimum atomic E-state index is 0.0956. The summed E-state index contributed by atoms with van der Waals surface area (Å²) >= 11 is 1.39. The van der Waals surface area contributed by atoms with E-state index in [0.717, 1.165) is 30.0 Å². The molecular formula is C13H17N3OS. The number of hydrogen-bond acceptors (Lipinski definition) is 4. The first-order valence-corrected chi connectivity index (χ1v) is 6.96. The van der Waals surface area contributed by atoms with Crippen molar-refractivity contribution in [2.75, 3.05) is 18.5 Å². The molecule has 1 aliphatic carbocycles. The molecule has 2 N–H and O–H groups in total. The van der Waals surface area contributed by atoms with Gasteiger partial charge >= 0.3 is 0 Å². The zero-order chi connectivity index (χ0) is 13.0. The van der Waals surface area contributed by atoms with Gasteiger partial charge in [-0.1, -0.05) is 17.8 Å². The highest BCUT2D eigenvalue weighted by molar-refractivity contribution is 8.00. The predicted octanol–water partition coefficient (Wildman–Crippen LogP) is 2.28. The summed E-state index contributed by atoms with van der Waals surface area (Å²) in [6, 6.07) is 3.58. The Labute approximate surface area is 111 Å². The van der Waals surface area contributed by atoms with Gasteiger partial charge in [-0.25, -0.2) is 4.98 Å². The molecule has 1 aromatic heterocycles. The molecule has 1 aromatic rings. The Kier molecular flexibility index (Phi) is 4.25. The number of carbonyl (C=O) groups excluding carboxylic acids is 1. The van der Waals surface area contributed by atoms with E-state index < -0.39 is 0 Å². The monoisotopic (exact) mass is 263 g/mol. The Morgan fingerprint density at radius 3 is 3.11 bits per heavy atom. The van der Waals surface area contributed by atoms with Crippen LogP contribution in [0.5, 0.6) is 0 Å². The SMILES string of the molecule is CN(C(=O)CSc1ncccc1N)C1=CCCC1. The second kappa shape index (κ2) is 5.91. The Morgan fingerprint density at radius 2 is 2.44 bits per heavy atom. The number of anilines is 1. The minimum Gasteiger partial charge on any atom is -0.397 e. The Bertz CT molecular complexity index is 473. The van der Waals surface area contributed by atoms with Crippen molar-refractivity contribution in [2.24, 2.45) is 0 Å². The van der Waals surface area contributed by atoms with Crippen molar-refractivity contribution in [3.63, 3.8) is 0 Å². The van der Waals surface area contributed by atoms with E-state index in [1.54, 1.807) is 23.2 Å². The van der Waals surface area contributed by atoms with Crippen LogP contribution >= 0.6 is 11.8 Å². The molecule has 1 aliphatic rings. The molecule has 18 heavy (non-hydrogen) atoms. The maximum absolute atomic E-state index is 12.0. The van der Waals surface area contributed by atoms with E-state index in [0.29, 0.717) is 11.4 Å². The number of hydrogen-bond donors (Lipinski definition) is 1. The van der Waals surface area contributed by atoms with Crippen molar-refractivity contribution in [2.45, 2.75) is 24.3 Å². The molecule has 0 unspecified atom stereocenters. The molecular weight excluding hydrogens is 246 g/mol. The Morgan fingerprint density at radius 1 is 1.61 bits per heavy atom. The third-order valence-corrected chi connectivity index (χ3v) is 3.96. The minimum absolute atomic E-state index is 0.0956. The first-order chi connectivity index (χ1) is 8.68. The molecule has 0 spiro atoms. The zero-order valence-electron chi connectivity index (χ0n) is 10.4. The Hall–Kier alpha value is -1.49. The number of aromatic nitrogens is 1. The number of amides is 1. The predicted molar refractivity (Wildman–Crippen MR) is 74.1 cm³/mol. The van der Waals surface area contributed by atoms with E-state index in [4.69, 9.17) is 5.73 Å². The van der Waals surface area contributed by atoms with Crippen molar-refractivity contribution < 1.29 is 4.79 Å². The highest BCUT2D eigenvalue weighted by atomic mass is 32.2. The van der Waals surface area contributed by atoms with E-state index in [2.05, 4.69) is 11.1 Å². The molecule has 96 valence electrons. The van der Waals surface area contributed by atoms with Crippen molar-refractivity contribution in [3.8, 4) is 0 Å². The van der Waals surface area contributed by atoms with Crippen molar-refractivity contribution in [1.82, 2.24) is 9.88 Å². The average molecular weight is 263 g/mol. The lowest BCUT2D eigenvalue weighted by atomic mass is 10.3. The number of nitrogen functional groups attached to an aromatic ring is 1. The normalized spacial score (nSPS) is 14.4. The molecule has 5 heteroatoms. The lowest BCUT2D eigenvalue weighted by Crippen LogP contribution is -2.27. The number of nitrogens with two attached hydrogens (primary N) is 1. The summed E-state index contributed by atoms with van der Waals surface area (Å²) in [5, 5.41) is 0.722. The van der Waals surface area contributed by atoms with Crippen LogP contribution in [0, 0.1) is 0 Å². The van der Waals surface area contributed by atoms with Crippen molar-refractivity contribution in [1.29, 1.82) is 0 Å². The molecule has 1 heterocycles. The summed E-state index contributed by atoms with van der Waals surface area (Å²) in [5.41, 5.74) is 7.54. The van der Waals surface area contributed by atoms with Crippen LogP contribution < -0.4 is 5.73 Å². The van der Waals surface area contributed by atoms with Gasteiger partial charge < -0.3 is 10.6 Å². The number of thioether (sulfide) groups is 1. The lowest BCUT2D eigenvalue weighted by Gasteiger charge is -2.18. The molecule has 0 radical (unpaired) electrons. The lowest BCUT2D eigenvalue weighted by molar-refractivity contribution is -0.125. The molecule has 1 amide bonds. The third-order valence-electron chi connectivity index (χ3n) is 2.95. The summed E-state index contributed by atoms with van der Waals surface area (Å²) in [6.45, 7) is 0. The number of rotatable bonds is 4. The van der Waals surface area contributed by atoms with E-state index in [-0.39, 0.29) is 5.91 Å². The molecule has 0 saturated carbocycles. The topological polar surface area (TPSA) is 59.2 Å². The second-order valence-electron chi connectivity index (χ2n) is 4.23. The molecule has 0 bridgehead atoms. The van der Waals surface area contributed by atoms with Gasteiger partial charge in [0.2, 0.25) is 5.91 Å². The van der Waals surface area contributed by atoms with Gasteiger partial charge in [0.05, 0.1) is 11.4 Å². The number of allylic oxidation sites excluding steroid dienone is 2. The maximum Gasteiger partial charge on any atom is 0.236 e. The summed E-state index contributed by atoms with van der Waals surface area (Å²) in [6.07, 6.45) is 7.04. The van der Waals surface area contributed by atoms with Crippen LogP contribution in [-0.4, -0.2) is 28.6 Å². The largest absolute Gasteiger partial charge is 0.397 e. The van der Waals surface area contributed by atoms with Crippen molar-refractivity contribution >= 4 is 23.4 Å². The quantitative estimate of drug-likeness (QED) is 0.847. The fourth-order valence-corrected chi connectivity index (χ4v) is 2.69. The molecule has 0 saturated heterocycles. The number of nitrogens with zero attached hydrogens (tertiary/aromatic N) is 2. The summed E-state index contributed by atoms with van der Waals surface area (Å²) in [7, 11) is 1.84. The van der Waals surface area contributed by atoms with Gasteiger partial charge in [0.15, 0.2) is 0 Å². The van der Waals surface area contributed by atoms with E-state index in [9.17, 15) is 4.79 Å². The summed E-state index contributed by atoms with van der Waals surface area (Å²) < 4.78 is 0. The zero-order valence-corrected chi connectivity index (χ0v) is 11.2. The van der Waals surface area contributed by atoms with Gasteiger partial charge in [0, 0.05) is 18.9 Å². The number of carbonyl (C=O) groups is 1. The third kappa shape index (κ3) is 3.04. The van der Waals surface area contributed by atoms with Gasteiger partial charge in [-0.3, -0.25) is 4.79 Å². The molecule has 4 nitrogen and oxygen atoms in total. The van der Waals surface area contributed by atoms with Crippen LogP contribution in [0.15, 0.2) is 35.1 Å². The van der Waals surface area contributed by atoms with Crippen LogP contribution in [0.4, 0.5) is 5.69 Å². The molecule has 0 aromatic carbocycles. The average Bonchev–Trinajstić information content (AvgIpc) is 2.90. The highest BCUT2D eigenvalue weighted by Crippen LogP contribution is 2.24. The van der Waals surface area contributed by atoms with Gasteiger partial charge in [-0.2, -0.15) is 0 Å². The van der Waals surface area contributed by atoms with Crippen LogP contribution in [0.3, 0.4) is 0 Å². The van der Waals surface area contributed by atoms with Crippen molar-refractivity contribution in [3.05, 3.63) is 30.1 Å². The van der Waals surface area contributed by atoms with Crippen LogP contribution in [0.2, 0.25) is 0 Å². The first-order valence-electron chi connectivity index (χ1n) is 5.97. The molecule has 2 rings (SSSR count). The first kappa shape index (κ1) is 13.0. The molecule has 0 aliphatic heterocycles. The fourth-order valence-electron chi connectivity index (χ4n) is 1.87. The van der Waals surface area contributed by atoms with Gasteiger partial charge in [-0.05, 0) is 31.4 Å². The summed E-state index contributed by atoms with van der Waals surface area (Å²) in [4.78, 5) is 17.9. The smallest absolute Gasteiger partial charge is 0.236 e. The van der Waals surface area contributed by atoms with Crippen LogP contribution in [0.1, 0.15) is 19.3 Å². The molecule has 0 fully saturated rings. The van der Waals surface area contributed by atoms with Gasteiger partial charge in [0.25, 0.3) is 0 Å². The van der Waals surface area contributed by atoms with E-state index in [1.165, 1.54) is 11.8 Å². The van der Waals surface area contributed by atoms with E-state index in [1.807, 2.05) is 7.05 Å².